The van der Waals surface area contributed by atoms with Crippen LogP contribution in [0.25, 0.3) is 5.69 Å². The molecule has 7 heteroatoms. The van der Waals surface area contributed by atoms with Gasteiger partial charge in [-0.15, -0.1) is 0 Å². The Morgan fingerprint density at radius 2 is 2.04 bits per heavy atom. The van der Waals surface area contributed by atoms with Crippen LogP contribution in [0.5, 0.6) is 0 Å². The molecule has 1 aromatic carbocycles. The summed E-state index contributed by atoms with van der Waals surface area (Å²) in [4.78, 5) is 15.4. The van der Waals surface area contributed by atoms with Gasteiger partial charge in [-0.25, -0.2) is 4.68 Å². The molecule has 2 aliphatic rings. The number of likely N-dealkylation sites (tertiary alicyclic amines) is 1. The predicted octanol–water partition coefficient (Wildman–Crippen LogP) is 3.37. The van der Waals surface area contributed by atoms with Gasteiger partial charge in [0.1, 0.15) is 0 Å². The van der Waals surface area contributed by atoms with Crippen LogP contribution >= 0.6 is 23.5 Å². The summed E-state index contributed by atoms with van der Waals surface area (Å²) in [5.74, 6) is 5.13. The summed E-state index contributed by atoms with van der Waals surface area (Å²) < 4.78 is 1.80. The number of nitrogens with zero attached hydrogens (tertiary/aromatic N) is 3. The van der Waals surface area contributed by atoms with Crippen LogP contribution in [0, 0.1) is 5.92 Å². The van der Waals surface area contributed by atoms with Crippen LogP contribution in [0.4, 0.5) is 5.69 Å². The van der Waals surface area contributed by atoms with Crippen molar-refractivity contribution < 1.29 is 4.79 Å². The maximum Gasteiger partial charge on any atom is 0.228 e. The monoisotopic (exact) mass is 402 g/mol. The number of aromatic nitrogens is 2. The van der Waals surface area contributed by atoms with Crippen LogP contribution in [0.15, 0.2) is 42.7 Å². The molecular weight excluding hydrogens is 376 g/mol. The third kappa shape index (κ3) is 4.89. The van der Waals surface area contributed by atoms with E-state index >= 15 is 0 Å². The summed E-state index contributed by atoms with van der Waals surface area (Å²) >= 11 is 4.12. The standard InChI is InChI=1S/C20H26N4OS2/c25-20(22-17-5-1-6-18(12-17)24-9-3-7-21-24)16-4-2-8-23(13-16)19-14-26-10-11-27-15-19/h1,3,5-7,9,12,16,19H,2,4,8,10-11,13-15H2,(H,22,25)/t16-/m0/s1. The summed E-state index contributed by atoms with van der Waals surface area (Å²) in [7, 11) is 0. The number of carbonyl (C=O) groups is 1. The van der Waals surface area contributed by atoms with Gasteiger partial charge in [-0.3, -0.25) is 9.69 Å². The fourth-order valence-corrected chi connectivity index (χ4v) is 6.39. The molecule has 144 valence electrons. The summed E-state index contributed by atoms with van der Waals surface area (Å²) in [6, 6.07) is 10.4. The molecule has 0 saturated carbocycles. The van der Waals surface area contributed by atoms with Crippen LogP contribution in [-0.4, -0.2) is 62.7 Å². The lowest BCUT2D eigenvalue weighted by atomic mass is 9.96. The molecule has 1 amide bonds. The molecule has 5 nitrogen and oxygen atoms in total. The smallest absolute Gasteiger partial charge is 0.228 e. The van der Waals surface area contributed by atoms with E-state index in [1.165, 1.54) is 23.0 Å². The van der Waals surface area contributed by atoms with E-state index in [9.17, 15) is 4.79 Å². The molecule has 2 fully saturated rings. The minimum absolute atomic E-state index is 0.0744. The second-order valence-corrected chi connectivity index (χ2v) is 9.43. The fourth-order valence-electron chi connectivity index (χ4n) is 3.76. The Kier molecular flexibility index (Phi) is 6.42. The summed E-state index contributed by atoms with van der Waals surface area (Å²) in [5, 5.41) is 7.39. The molecule has 0 unspecified atom stereocenters. The first-order chi connectivity index (χ1) is 13.3. The second-order valence-electron chi connectivity index (χ2n) is 7.13. The first-order valence-corrected chi connectivity index (χ1v) is 11.9. The summed E-state index contributed by atoms with van der Waals surface area (Å²) in [6.07, 6.45) is 5.75. The van der Waals surface area contributed by atoms with Gasteiger partial charge in [0.2, 0.25) is 5.91 Å². The zero-order valence-corrected chi connectivity index (χ0v) is 17.1. The Hall–Kier alpha value is -1.44. The van der Waals surface area contributed by atoms with Crippen LogP contribution in [-0.2, 0) is 4.79 Å². The van der Waals surface area contributed by atoms with Crippen molar-refractivity contribution in [2.45, 2.75) is 18.9 Å². The van der Waals surface area contributed by atoms with Gasteiger partial charge in [0, 0.05) is 53.7 Å². The van der Waals surface area contributed by atoms with Gasteiger partial charge < -0.3 is 5.32 Å². The van der Waals surface area contributed by atoms with E-state index in [1.807, 2.05) is 36.5 Å². The van der Waals surface area contributed by atoms with Crippen molar-refractivity contribution in [2.75, 3.05) is 41.4 Å². The molecule has 2 aliphatic heterocycles. The number of thioether (sulfide) groups is 2. The lowest BCUT2D eigenvalue weighted by Crippen LogP contribution is -2.47. The highest BCUT2D eigenvalue weighted by Crippen LogP contribution is 2.26. The average Bonchev–Trinajstić information content (AvgIpc) is 3.11. The lowest BCUT2D eigenvalue weighted by Gasteiger charge is -2.37. The molecule has 1 atom stereocenters. The van der Waals surface area contributed by atoms with Gasteiger partial charge in [-0.05, 0) is 43.7 Å². The number of carbonyl (C=O) groups excluding carboxylic acids is 1. The Morgan fingerprint density at radius 3 is 2.81 bits per heavy atom. The zero-order valence-electron chi connectivity index (χ0n) is 15.4. The Bertz CT molecular complexity index is 744. The quantitative estimate of drug-likeness (QED) is 0.850. The van der Waals surface area contributed by atoms with Crippen LogP contribution in [0.2, 0.25) is 0 Å². The van der Waals surface area contributed by atoms with Gasteiger partial charge in [-0.1, -0.05) is 6.07 Å². The maximum absolute atomic E-state index is 12.9. The van der Waals surface area contributed by atoms with Crippen molar-refractivity contribution in [3.05, 3.63) is 42.7 Å². The number of nitrogens with one attached hydrogen (secondary N) is 1. The molecule has 0 spiro atoms. The van der Waals surface area contributed by atoms with Crippen molar-refractivity contribution in [3.8, 4) is 5.69 Å². The van der Waals surface area contributed by atoms with Crippen molar-refractivity contribution in [1.82, 2.24) is 14.7 Å². The number of anilines is 1. The fraction of sp³-hybridized carbons (Fsp3) is 0.500. The molecule has 0 bridgehead atoms. The molecule has 2 saturated heterocycles. The highest BCUT2D eigenvalue weighted by atomic mass is 32.2. The number of hydrogen-bond donors (Lipinski definition) is 1. The predicted molar refractivity (Wildman–Crippen MR) is 115 cm³/mol. The number of benzene rings is 1. The minimum atomic E-state index is 0.0744. The molecule has 3 heterocycles. The lowest BCUT2D eigenvalue weighted by molar-refractivity contribution is -0.121. The zero-order chi connectivity index (χ0) is 18.5. The molecule has 4 rings (SSSR count). The van der Waals surface area contributed by atoms with Crippen molar-refractivity contribution in [3.63, 3.8) is 0 Å². The topological polar surface area (TPSA) is 50.2 Å². The van der Waals surface area contributed by atoms with E-state index in [0.717, 1.165) is 37.3 Å². The van der Waals surface area contributed by atoms with E-state index in [-0.39, 0.29) is 11.8 Å². The van der Waals surface area contributed by atoms with Crippen molar-refractivity contribution in [2.24, 2.45) is 5.92 Å². The van der Waals surface area contributed by atoms with E-state index in [1.54, 1.807) is 10.9 Å². The molecule has 1 N–H and O–H groups in total. The largest absolute Gasteiger partial charge is 0.326 e. The number of amides is 1. The van der Waals surface area contributed by atoms with Crippen molar-refractivity contribution in [1.29, 1.82) is 0 Å². The Morgan fingerprint density at radius 1 is 1.19 bits per heavy atom. The van der Waals surface area contributed by atoms with E-state index < -0.39 is 0 Å². The van der Waals surface area contributed by atoms with Crippen LogP contribution < -0.4 is 5.32 Å². The second kappa shape index (κ2) is 9.17. The summed E-state index contributed by atoms with van der Waals surface area (Å²) in [5.41, 5.74) is 1.79. The van der Waals surface area contributed by atoms with Gasteiger partial charge >= 0.3 is 0 Å². The average molecular weight is 403 g/mol. The first kappa shape index (κ1) is 18.9. The normalized spacial score (nSPS) is 22.3. The molecular formula is C20H26N4OS2. The third-order valence-corrected chi connectivity index (χ3v) is 7.70. The Balaban J connectivity index is 1.38. The number of rotatable bonds is 4. The van der Waals surface area contributed by atoms with E-state index in [2.05, 4.69) is 38.8 Å². The molecule has 27 heavy (non-hydrogen) atoms. The molecule has 0 radical (unpaired) electrons. The highest BCUT2D eigenvalue weighted by molar-refractivity contribution is 8.03. The highest BCUT2D eigenvalue weighted by Gasteiger charge is 2.30. The van der Waals surface area contributed by atoms with Crippen molar-refractivity contribution >= 4 is 35.1 Å². The van der Waals surface area contributed by atoms with Gasteiger partial charge in [-0.2, -0.15) is 28.6 Å². The SMILES string of the molecule is O=C(Nc1cccc(-n2cccn2)c1)[C@H]1CCCN(C2CSCCSC2)C1. The summed E-state index contributed by atoms with van der Waals surface area (Å²) in [6.45, 7) is 2.01. The third-order valence-electron chi connectivity index (χ3n) is 5.22. The molecule has 1 aromatic heterocycles. The maximum atomic E-state index is 12.9. The van der Waals surface area contributed by atoms with Gasteiger partial charge in [0.05, 0.1) is 11.6 Å². The molecule has 2 aromatic rings. The Labute approximate surface area is 169 Å². The minimum Gasteiger partial charge on any atom is -0.326 e. The first-order valence-electron chi connectivity index (χ1n) is 9.60. The van der Waals surface area contributed by atoms with Gasteiger partial charge in [0.25, 0.3) is 0 Å². The van der Waals surface area contributed by atoms with E-state index in [0.29, 0.717) is 6.04 Å². The van der Waals surface area contributed by atoms with Crippen LogP contribution in [0.1, 0.15) is 12.8 Å². The van der Waals surface area contributed by atoms with Gasteiger partial charge in [0.15, 0.2) is 0 Å². The molecule has 0 aliphatic carbocycles. The van der Waals surface area contributed by atoms with Crippen LogP contribution in [0.3, 0.4) is 0 Å². The number of piperidine rings is 1. The van der Waals surface area contributed by atoms with E-state index in [4.69, 9.17) is 0 Å². The number of hydrogen-bond acceptors (Lipinski definition) is 5.